The van der Waals surface area contributed by atoms with Crippen LogP contribution < -0.4 is 14.2 Å². The number of benzene rings is 1. The number of rotatable bonds is 6. The van der Waals surface area contributed by atoms with E-state index < -0.39 is 6.61 Å². The number of ether oxygens (including phenoxy) is 3. The van der Waals surface area contributed by atoms with E-state index in [1.807, 2.05) is 0 Å². The van der Waals surface area contributed by atoms with Crippen molar-refractivity contribution in [3.63, 3.8) is 0 Å². The molecule has 0 bridgehead atoms. The minimum Gasteiger partial charge on any atom is -0.493 e. The van der Waals surface area contributed by atoms with E-state index in [-0.39, 0.29) is 17.2 Å². The van der Waals surface area contributed by atoms with E-state index >= 15 is 0 Å². The van der Waals surface area contributed by atoms with Crippen LogP contribution in [0.15, 0.2) is 17.2 Å². The first-order valence-electron chi connectivity index (χ1n) is 7.99. The number of piperidine rings is 1. The van der Waals surface area contributed by atoms with Gasteiger partial charge in [-0.05, 0) is 45.2 Å². The third-order valence-corrected chi connectivity index (χ3v) is 4.18. The van der Waals surface area contributed by atoms with Crippen molar-refractivity contribution in [1.29, 1.82) is 0 Å². The summed E-state index contributed by atoms with van der Waals surface area (Å²) in [5, 5.41) is 6.64. The van der Waals surface area contributed by atoms with Gasteiger partial charge in [-0.2, -0.15) is 13.9 Å². The maximum atomic E-state index is 12.6. The summed E-state index contributed by atoms with van der Waals surface area (Å²) in [7, 11) is 2.78. The molecule has 1 aromatic carbocycles. The van der Waals surface area contributed by atoms with E-state index in [9.17, 15) is 8.78 Å². The van der Waals surface area contributed by atoms with Gasteiger partial charge in [0.05, 0.1) is 20.4 Å². The second-order valence-corrected chi connectivity index (χ2v) is 5.89. The van der Waals surface area contributed by atoms with Gasteiger partial charge in [0, 0.05) is 17.6 Å². The Hall–Kier alpha value is -2.05. The van der Waals surface area contributed by atoms with Gasteiger partial charge >= 0.3 is 6.61 Å². The molecule has 1 heterocycles. The van der Waals surface area contributed by atoms with Crippen LogP contribution >= 0.6 is 0 Å². The average Bonchev–Trinajstić information content (AvgIpc) is 2.54. The summed E-state index contributed by atoms with van der Waals surface area (Å²) >= 11 is 0. The van der Waals surface area contributed by atoms with Crippen molar-refractivity contribution in [1.82, 2.24) is 5.01 Å². The molecule has 7 heteroatoms. The molecule has 0 saturated carbocycles. The number of nitrogens with zero attached hydrogens (tertiary/aromatic N) is 2. The second-order valence-electron chi connectivity index (χ2n) is 5.89. The molecule has 0 amide bonds. The Kier molecular flexibility index (Phi) is 6.23. The fourth-order valence-electron chi connectivity index (χ4n) is 2.95. The molecular weight excluding hydrogens is 318 g/mol. The van der Waals surface area contributed by atoms with Crippen LogP contribution in [0.25, 0.3) is 0 Å². The molecule has 1 aliphatic rings. The lowest BCUT2D eigenvalue weighted by atomic mass is 10.00. The first-order chi connectivity index (χ1) is 11.5. The second kappa shape index (κ2) is 8.17. The summed E-state index contributed by atoms with van der Waals surface area (Å²) in [6.45, 7) is 1.34. The van der Waals surface area contributed by atoms with Gasteiger partial charge in [-0.15, -0.1) is 0 Å². The summed E-state index contributed by atoms with van der Waals surface area (Å²) in [5.74, 6) is 0.235. The number of alkyl halides is 2. The van der Waals surface area contributed by atoms with E-state index in [4.69, 9.17) is 9.47 Å². The van der Waals surface area contributed by atoms with Crippen molar-refractivity contribution in [3.05, 3.63) is 17.7 Å². The van der Waals surface area contributed by atoms with Crippen molar-refractivity contribution in [2.75, 3.05) is 14.2 Å². The molecule has 0 aromatic heterocycles. The van der Waals surface area contributed by atoms with Crippen molar-refractivity contribution in [2.24, 2.45) is 5.10 Å². The number of hydrogen-bond acceptors (Lipinski definition) is 5. The minimum atomic E-state index is -2.96. The SMILES string of the molecule is COc1cc(/C=N\N2[C@H](C)CCC[C@@H]2C)cc(OC)c1OC(F)F. The highest BCUT2D eigenvalue weighted by Gasteiger charge is 2.23. The highest BCUT2D eigenvalue weighted by molar-refractivity contribution is 5.82. The molecule has 0 N–H and O–H groups in total. The van der Waals surface area contributed by atoms with Gasteiger partial charge in [0.25, 0.3) is 0 Å². The van der Waals surface area contributed by atoms with Crippen LogP contribution in [0.2, 0.25) is 0 Å². The van der Waals surface area contributed by atoms with E-state index in [0.717, 1.165) is 12.8 Å². The largest absolute Gasteiger partial charge is 0.493 e. The lowest BCUT2D eigenvalue weighted by molar-refractivity contribution is -0.0526. The normalized spacial score (nSPS) is 21.4. The number of methoxy groups -OCH3 is 2. The smallest absolute Gasteiger partial charge is 0.387 e. The maximum absolute atomic E-state index is 12.6. The van der Waals surface area contributed by atoms with E-state index in [1.54, 1.807) is 18.3 Å². The first kappa shape index (κ1) is 18.3. The average molecular weight is 342 g/mol. The first-order valence-corrected chi connectivity index (χ1v) is 7.99. The van der Waals surface area contributed by atoms with Crippen LogP contribution in [0.4, 0.5) is 8.78 Å². The lowest BCUT2D eigenvalue weighted by Gasteiger charge is -2.36. The van der Waals surface area contributed by atoms with Crippen LogP contribution in [0.1, 0.15) is 38.7 Å². The van der Waals surface area contributed by atoms with E-state index in [0.29, 0.717) is 17.6 Å². The van der Waals surface area contributed by atoms with Crippen molar-refractivity contribution in [2.45, 2.75) is 51.8 Å². The zero-order chi connectivity index (χ0) is 17.7. The highest BCUT2D eigenvalue weighted by atomic mass is 19.3. The van der Waals surface area contributed by atoms with Crippen molar-refractivity contribution in [3.8, 4) is 17.2 Å². The van der Waals surface area contributed by atoms with E-state index in [2.05, 4.69) is 28.7 Å². The molecule has 2 rings (SSSR count). The Morgan fingerprint density at radius 3 is 2.12 bits per heavy atom. The van der Waals surface area contributed by atoms with Gasteiger partial charge in [0.2, 0.25) is 5.75 Å². The standard InChI is InChI=1S/C17H24F2N2O3/c1-11-6-5-7-12(2)21(11)20-10-13-8-14(22-3)16(24-17(18)19)15(9-13)23-4/h8-12,17H,5-7H2,1-4H3/b20-10-/t11-,12+. The van der Waals surface area contributed by atoms with Crippen LogP contribution in [0, 0.1) is 0 Å². The topological polar surface area (TPSA) is 43.3 Å². The van der Waals surface area contributed by atoms with Gasteiger partial charge in [0.1, 0.15) is 0 Å². The Labute approximate surface area is 141 Å². The third-order valence-electron chi connectivity index (χ3n) is 4.18. The molecule has 1 aromatic rings. The van der Waals surface area contributed by atoms with Gasteiger partial charge in [-0.3, -0.25) is 5.01 Å². The number of hydrazone groups is 1. The predicted octanol–water partition coefficient (Wildman–Crippen LogP) is 3.90. The monoisotopic (exact) mass is 342 g/mol. The molecule has 2 atom stereocenters. The Balaban J connectivity index is 2.28. The summed E-state index contributed by atoms with van der Waals surface area (Å²) in [6, 6.07) is 3.94. The minimum absolute atomic E-state index is 0.119. The molecule has 1 fully saturated rings. The zero-order valence-corrected chi connectivity index (χ0v) is 14.5. The van der Waals surface area contributed by atoms with Crippen LogP contribution in [-0.4, -0.2) is 44.1 Å². The molecule has 1 aliphatic heterocycles. The van der Waals surface area contributed by atoms with Gasteiger partial charge in [-0.1, -0.05) is 0 Å². The van der Waals surface area contributed by atoms with Crippen molar-refractivity contribution < 1.29 is 23.0 Å². The van der Waals surface area contributed by atoms with Crippen LogP contribution in [0.3, 0.4) is 0 Å². The Morgan fingerprint density at radius 1 is 1.12 bits per heavy atom. The molecule has 0 aliphatic carbocycles. The quantitative estimate of drug-likeness (QED) is 0.736. The number of halogens is 2. The fraction of sp³-hybridized carbons (Fsp3) is 0.588. The molecule has 1 saturated heterocycles. The molecule has 134 valence electrons. The maximum Gasteiger partial charge on any atom is 0.387 e. The highest BCUT2D eigenvalue weighted by Crippen LogP contribution is 2.39. The molecule has 5 nitrogen and oxygen atoms in total. The van der Waals surface area contributed by atoms with Gasteiger partial charge < -0.3 is 14.2 Å². The predicted molar refractivity (Wildman–Crippen MR) is 88.4 cm³/mol. The summed E-state index contributed by atoms with van der Waals surface area (Å²) in [6.07, 6.45) is 5.11. The zero-order valence-electron chi connectivity index (χ0n) is 14.5. The molecule has 0 unspecified atom stereocenters. The van der Waals surface area contributed by atoms with Crippen LogP contribution in [-0.2, 0) is 0 Å². The molecule has 24 heavy (non-hydrogen) atoms. The summed E-state index contributed by atoms with van der Waals surface area (Å²) in [4.78, 5) is 0. The molecule has 0 radical (unpaired) electrons. The lowest BCUT2D eigenvalue weighted by Crippen LogP contribution is -2.39. The van der Waals surface area contributed by atoms with Gasteiger partial charge in [0.15, 0.2) is 11.5 Å². The van der Waals surface area contributed by atoms with E-state index in [1.165, 1.54) is 20.6 Å². The number of hydrogen-bond donors (Lipinski definition) is 0. The Bertz CT molecular complexity index is 546. The summed E-state index contributed by atoms with van der Waals surface area (Å²) in [5.41, 5.74) is 0.690. The summed E-state index contributed by atoms with van der Waals surface area (Å²) < 4.78 is 39.9. The molecule has 0 spiro atoms. The van der Waals surface area contributed by atoms with Crippen LogP contribution in [0.5, 0.6) is 17.2 Å². The third kappa shape index (κ3) is 4.27. The molecular formula is C17H24F2N2O3. The fourth-order valence-corrected chi connectivity index (χ4v) is 2.95. The van der Waals surface area contributed by atoms with Gasteiger partial charge in [-0.25, -0.2) is 0 Å². The van der Waals surface area contributed by atoms with Crippen molar-refractivity contribution >= 4 is 6.21 Å². The Morgan fingerprint density at radius 2 is 1.67 bits per heavy atom.